The Morgan fingerprint density at radius 3 is 2.69 bits per heavy atom. The van der Waals surface area contributed by atoms with Gasteiger partial charge in [-0.25, -0.2) is 9.20 Å². The summed E-state index contributed by atoms with van der Waals surface area (Å²) < 4.78 is 22.9. The van der Waals surface area contributed by atoms with E-state index in [-0.39, 0.29) is 0 Å². The standard InChI is InChI=1S/C19H24ClN3O2S/c1-6-23(3)13-21-18-10-14(2)19(12-17(18)20)26(5,24)22-15-8-7-9-16(11-15)25-4/h7-13H,6H2,1-5H3/b21-13-. The maximum absolute atomic E-state index is 13.2. The van der Waals surface area contributed by atoms with E-state index in [4.69, 9.17) is 16.3 Å². The largest absolute Gasteiger partial charge is 0.497 e. The molecule has 0 saturated carbocycles. The Morgan fingerprint density at radius 2 is 2.04 bits per heavy atom. The van der Waals surface area contributed by atoms with E-state index in [1.165, 1.54) is 0 Å². The average molecular weight is 394 g/mol. The van der Waals surface area contributed by atoms with Gasteiger partial charge in [0.1, 0.15) is 5.75 Å². The van der Waals surface area contributed by atoms with Crippen molar-refractivity contribution in [3.05, 3.63) is 47.0 Å². The fraction of sp³-hybridized carbons (Fsp3) is 0.316. The lowest BCUT2D eigenvalue weighted by molar-refractivity contribution is 0.415. The first-order valence-electron chi connectivity index (χ1n) is 8.17. The molecule has 0 aliphatic rings. The van der Waals surface area contributed by atoms with E-state index in [9.17, 15) is 4.21 Å². The van der Waals surface area contributed by atoms with Crippen LogP contribution in [0.4, 0.5) is 11.4 Å². The van der Waals surface area contributed by atoms with Crippen LogP contribution in [0.15, 0.2) is 50.6 Å². The van der Waals surface area contributed by atoms with Gasteiger partial charge in [-0.2, -0.15) is 4.36 Å². The third kappa shape index (κ3) is 4.99. The molecule has 2 rings (SSSR count). The minimum absolute atomic E-state index is 0.446. The van der Waals surface area contributed by atoms with Gasteiger partial charge in [-0.15, -0.1) is 0 Å². The summed E-state index contributed by atoms with van der Waals surface area (Å²) >= 11 is 6.37. The zero-order valence-electron chi connectivity index (χ0n) is 15.7. The second kappa shape index (κ2) is 8.56. The summed E-state index contributed by atoms with van der Waals surface area (Å²) in [5.74, 6) is 0.668. The zero-order chi connectivity index (χ0) is 19.3. The summed E-state index contributed by atoms with van der Waals surface area (Å²) in [5, 5.41) is 0.446. The number of aliphatic imine (C=N–C) groups is 1. The van der Waals surface area contributed by atoms with Crippen molar-refractivity contribution in [1.29, 1.82) is 0 Å². The first-order chi connectivity index (χ1) is 12.3. The molecule has 5 nitrogen and oxygen atoms in total. The van der Waals surface area contributed by atoms with Gasteiger partial charge in [-0.1, -0.05) is 17.7 Å². The second-order valence-corrected chi connectivity index (χ2v) is 8.62. The highest BCUT2D eigenvalue weighted by Gasteiger charge is 2.14. The van der Waals surface area contributed by atoms with Gasteiger partial charge in [-0.05, 0) is 43.7 Å². The third-order valence-corrected chi connectivity index (χ3v) is 6.00. The van der Waals surface area contributed by atoms with Crippen molar-refractivity contribution in [1.82, 2.24) is 4.90 Å². The van der Waals surface area contributed by atoms with Gasteiger partial charge in [0.25, 0.3) is 0 Å². The van der Waals surface area contributed by atoms with Crippen LogP contribution in [0.2, 0.25) is 5.02 Å². The van der Waals surface area contributed by atoms with Crippen molar-refractivity contribution in [3.8, 4) is 5.75 Å². The molecule has 26 heavy (non-hydrogen) atoms. The molecule has 7 heteroatoms. The van der Waals surface area contributed by atoms with Crippen molar-refractivity contribution < 1.29 is 8.95 Å². The van der Waals surface area contributed by atoms with E-state index in [1.807, 2.05) is 44.0 Å². The van der Waals surface area contributed by atoms with Crippen LogP contribution in [0, 0.1) is 6.92 Å². The van der Waals surface area contributed by atoms with Gasteiger partial charge in [0.05, 0.1) is 44.5 Å². The molecule has 1 unspecified atom stereocenters. The lowest BCUT2D eigenvalue weighted by Gasteiger charge is -2.12. The number of hydrogen-bond acceptors (Lipinski definition) is 4. The molecule has 0 saturated heterocycles. The molecule has 0 amide bonds. The van der Waals surface area contributed by atoms with Crippen LogP contribution in [0.1, 0.15) is 12.5 Å². The van der Waals surface area contributed by atoms with E-state index in [2.05, 4.69) is 9.36 Å². The van der Waals surface area contributed by atoms with Crippen LogP contribution >= 0.6 is 11.6 Å². The van der Waals surface area contributed by atoms with Crippen molar-refractivity contribution in [2.75, 3.05) is 27.0 Å². The molecule has 0 spiro atoms. The minimum atomic E-state index is -2.67. The highest BCUT2D eigenvalue weighted by Crippen LogP contribution is 2.32. The molecule has 2 aromatic carbocycles. The number of benzene rings is 2. The maximum Gasteiger partial charge on any atom is 0.121 e. The van der Waals surface area contributed by atoms with Gasteiger partial charge < -0.3 is 9.64 Å². The van der Waals surface area contributed by atoms with Crippen LogP contribution in [-0.4, -0.2) is 42.4 Å². The molecular formula is C19H24ClN3O2S. The summed E-state index contributed by atoms with van der Waals surface area (Å²) in [7, 11) is 0.848. The first-order valence-corrected chi connectivity index (χ1v) is 10.5. The van der Waals surface area contributed by atoms with E-state index >= 15 is 0 Å². The molecule has 140 valence electrons. The van der Waals surface area contributed by atoms with Gasteiger partial charge in [0, 0.05) is 25.9 Å². The van der Waals surface area contributed by atoms with Crippen LogP contribution < -0.4 is 4.74 Å². The Morgan fingerprint density at radius 1 is 1.31 bits per heavy atom. The number of methoxy groups -OCH3 is 1. The molecule has 0 aliphatic heterocycles. The Balaban J connectivity index is 2.46. The smallest absolute Gasteiger partial charge is 0.121 e. The molecule has 0 radical (unpaired) electrons. The number of halogens is 1. The number of aryl methyl sites for hydroxylation is 1. The first kappa shape index (κ1) is 20.3. The van der Waals surface area contributed by atoms with Gasteiger partial charge in [-0.3, -0.25) is 0 Å². The summed E-state index contributed by atoms with van der Waals surface area (Å²) in [6.45, 7) is 4.77. The molecule has 0 N–H and O–H groups in total. The second-order valence-electron chi connectivity index (χ2n) is 5.98. The Labute approximate surface area is 160 Å². The number of nitrogens with zero attached hydrogens (tertiary/aromatic N) is 3. The van der Waals surface area contributed by atoms with E-state index in [0.29, 0.717) is 27.0 Å². The fourth-order valence-electron chi connectivity index (χ4n) is 2.31. The predicted molar refractivity (Wildman–Crippen MR) is 110 cm³/mol. The zero-order valence-corrected chi connectivity index (χ0v) is 17.3. The Kier molecular flexibility index (Phi) is 6.67. The molecule has 2 aromatic rings. The molecule has 1 atom stereocenters. The summed E-state index contributed by atoms with van der Waals surface area (Å²) in [4.78, 5) is 6.95. The SMILES string of the molecule is CCN(C)/C=N\c1cc(C)c(S(C)(=O)=Nc2cccc(OC)c2)cc1Cl. The Hall–Kier alpha value is -2.05. The molecule has 0 heterocycles. The quantitative estimate of drug-likeness (QED) is 0.509. The van der Waals surface area contributed by atoms with E-state index in [1.54, 1.807) is 37.9 Å². The van der Waals surface area contributed by atoms with Crippen LogP contribution in [0.5, 0.6) is 5.75 Å². The summed E-state index contributed by atoms with van der Waals surface area (Å²) in [5.41, 5.74) is 2.07. The molecular weight excluding hydrogens is 370 g/mol. The van der Waals surface area contributed by atoms with Crippen LogP contribution in [-0.2, 0) is 9.73 Å². The van der Waals surface area contributed by atoms with Crippen LogP contribution in [0.3, 0.4) is 0 Å². The normalized spacial score (nSPS) is 13.5. The van der Waals surface area contributed by atoms with E-state index in [0.717, 1.165) is 12.1 Å². The minimum Gasteiger partial charge on any atom is -0.497 e. The Bertz CT molecular complexity index is 934. The topological polar surface area (TPSA) is 54.3 Å². The third-order valence-electron chi connectivity index (χ3n) is 3.88. The van der Waals surface area contributed by atoms with Gasteiger partial charge in [0.15, 0.2) is 0 Å². The highest BCUT2D eigenvalue weighted by atomic mass is 35.5. The lowest BCUT2D eigenvalue weighted by Crippen LogP contribution is -2.14. The molecule has 0 aromatic heterocycles. The monoisotopic (exact) mass is 393 g/mol. The van der Waals surface area contributed by atoms with Crippen molar-refractivity contribution in [3.63, 3.8) is 0 Å². The number of hydrogen-bond donors (Lipinski definition) is 0. The van der Waals surface area contributed by atoms with E-state index < -0.39 is 9.73 Å². The number of ether oxygens (including phenoxy) is 1. The van der Waals surface area contributed by atoms with Crippen LogP contribution in [0.25, 0.3) is 0 Å². The lowest BCUT2D eigenvalue weighted by atomic mass is 10.2. The molecule has 0 fully saturated rings. The summed E-state index contributed by atoms with van der Waals surface area (Å²) in [6.07, 6.45) is 3.34. The van der Waals surface area contributed by atoms with Gasteiger partial charge in [0.2, 0.25) is 0 Å². The molecule has 0 aliphatic carbocycles. The van der Waals surface area contributed by atoms with Gasteiger partial charge >= 0.3 is 0 Å². The van der Waals surface area contributed by atoms with Crippen molar-refractivity contribution >= 4 is 39.0 Å². The summed E-state index contributed by atoms with van der Waals surface area (Å²) in [6, 6.07) is 10.7. The molecule has 0 bridgehead atoms. The predicted octanol–water partition coefficient (Wildman–Crippen LogP) is 5.06. The van der Waals surface area contributed by atoms with Crippen molar-refractivity contribution in [2.45, 2.75) is 18.7 Å². The maximum atomic E-state index is 13.2. The fourth-order valence-corrected chi connectivity index (χ4v) is 4.20. The average Bonchev–Trinajstić information content (AvgIpc) is 2.61. The highest BCUT2D eigenvalue weighted by molar-refractivity contribution is 7.93. The van der Waals surface area contributed by atoms with Crippen molar-refractivity contribution in [2.24, 2.45) is 9.36 Å². The number of rotatable bonds is 6.